The van der Waals surface area contributed by atoms with Gasteiger partial charge in [-0.05, 0) is 42.4 Å². The number of rotatable bonds is 5. The van der Waals surface area contributed by atoms with Gasteiger partial charge in [0.1, 0.15) is 5.75 Å². The van der Waals surface area contributed by atoms with E-state index in [1.165, 1.54) is 0 Å². The highest BCUT2D eigenvalue weighted by atomic mass is 32.2. The molecule has 96 valence electrons. The van der Waals surface area contributed by atoms with Gasteiger partial charge in [-0.15, -0.1) is 0 Å². The summed E-state index contributed by atoms with van der Waals surface area (Å²) in [4.78, 5) is 0. The Morgan fingerprint density at radius 1 is 1.35 bits per heavy atom. The zero-order valence-electron chi connectivity index (χ0n) is 9.60. The predicted molar refractivity (Wildman–Crippen MR) is 64.7 cm³/mol. The van der Waals surface area contributed by atoms with Gasteiger partial charge in [0.05, 0.1) is 7.11 Å². The van der Waals surface area contributed by atoms with Gasteiger partial charge in [0, 0.05) is 18.0 Å². The fourth-order valence-corrected chi connectivity index (χ4v) is 1.75. The van der Waals surface area contributed by atoms with Crippen molar-refractivity contribution in [3.8, 4) is 5.75 Å². The molecule has 1 rings (SSSR count). The number of thioether (sulfide) groups is 1. The Kier molecular flexibility index (Phi) is 4.99. The Balaban J connectivity index is 2.42. The summed E-state index contributed by atoms with van der Waals surface area (Å²) < 4.78 is 40.7. The van der Waals surface area contributed by atoms with Gasteiger partial charge < -0.3 is 10.1 Å². The van der Waals surface area contributed by atoms with Gasteiger partial charge in [-0.25, -0.2) is 0 Å². The van der Waals surface area contributed by atoms with Gasteiger partial charge in [-0.3, -0.25) is 0 Å². The van der Waals surface area contributed by atoms with Crippen LogP contribution in [0, 0.1) is 6.92 Å². The highest BCUT2D eigenvalue weighted by Gasteiger charge is 2.27. The molecule has 0 aromatic heterocycles. The van der Waals surface area contributed by atoms with Crippen LogP contribution in [-0.4, -0.2) is 24.9 Å². The molecule has 0 unspecified atom stereocenters. The summed E-state index contributed by atoms with van der Waals surface area (Å²) in [7, 11) is 1.57. The zero-order valence-corrected chi connectivity index (χ0v) is 10.4. The maximum Gasteiger partial charge on any atom is 0.441 e. The lowest BCUT2D eigenvalue weighted by Crippen LogP contribution is -2.10. The number of aryl methyl sites for hydroxylation is 1. The van der Waals surface area contributed by atoms with Crippen LogP contribution in [0.25, 0.3) is 0 Å². The average molecular weight is 265 g/mol. The third-order valence-electron chi connectivity index (χ3n) is 2.12. The monoisotopic (exact) mass is 265 g/mol. The molecule has 0 fully saturated rings. The number of ether oxygens (including phenoxy) is 1. The molecule has 1 aromatic rings. The molecule has 0 aliphatic rings. The number of alkyl halides is 3. The first-order valence-corrected chi connectivity index (χ1v) is 6.00. The van der Waals surface area contributed by atoms with E-state index < -0.39 is 5.51 Å². The first-order chi connectivity index (χ1) is 7.92. The largest absolute Gasteiger partial charge is 0.497 e. The van der Waals surface area contributed by atoms with E-state index in [1.807, 2.05) is 13.0 Å². The van der Waals surface area contributed by atoms with Crippen molar-refractivity contribution >= 4 is 17.4 Å². The van der Waals surface area contributed by atoms with E-state index >= 15 is 0 Å². The van der Waals surface area contributed by atoms with Crippen LogP contribution in [0.2, 0.25) is 0 Å². The Morgan fingerprint density at radius 3 is 2.59 bits per heavy atom. The summed E-state index contributed by atoms with van der Waals surface area (Å²) in [6.07, 6.45) is 0. The molecule has 1 aromatic carbocycles. The van der Waals surface area contributed by atoms with E-state index in [1.54, 1.807) is 19.2 Å². The summed E-state index contributed by atoms with van der Waals surface area (Å²) in [5.74, 6) is 0.729. The van der Waals surface area contributed by atoms with Crippen molar-refractivity contribution < 1.29 is 17.9 Å². The highest BCUT2D eigenvalue weighted by Crippen LogP contribution is 2.29. The van der Waals surface area contributed by atoms with Gasteiger partial charge in [0.2, 0.25) is 0 Å². The van der Waals surface area contributed by atoms with Gasteiger partial charge in [-0.2, -0.15) is 13.2 Å². The lowest BCUT2D eigenvalue weighted by atomic mass is 10.2. The molecule has 0 amide bonds. The second-order valence-corrected chi connectivity index (χ2v) is 4.56. The SMILES string of the molecule is COc1ccc(NCCSC(F)(F)F)c(C)c1. The highest BCUT2D eigenvalue weighted by molar-refractivity contribution is 8.00. The number of hydrogen-bond donors (Lipinski definition) is 1. The van der Waals surface area contributed by atoms with Crippen molar-refractivity contribution in [3.63, 3.8) is 0 Å². The molecule has 2 nitrogen and oxygen atoms in total. The maximum absolute atomic E-state index is 11.9. The molecule has 0 aliphatic carbocycles. The fraction of sp³-hybridized carbons (Fsp3) is 0.455. The van der Waals surface area contributed by atoms with Crippen LogP contribution >= 0.6 is 11.8 Å². The molecule has 17 heavy (non-hydrogen) atoms. The molecule has 0 aliphatic heterocycles. The summed E-state index contributed by atoms with van der Waals surface area (Å²) in [6.45, 7) is 2.15. The van der Waals surface area contributed by atoms with Crippen molar-refractivity contribution in [3.05, 3.63) is 23.8 Å². The van der Waals surface area contributed by atoms with Gasteiger partial charge >= 0.3 is 5.51 Å². The second-order valence-electron chi connectivity index (χ2n) is 3.40. The van der Waals surface area contributed by atoms with Gasteiger partial charge in [0.15, 0.2) is 0 Å². The number of benzene rings is 1. The Morgan fingerprint density at radius 2 is 2.06 bits per heavy atom. The second kappa shape index (κ2) is 6.05. The van der Waals surface area contributed by atoms with Crippen LogP contribution in [0.5, 0.6) is 5.75 Å². The van der Waals surface area contributed by atoms with E-state index in [9.17, 15) is 13.2 Å². The van der Waals surface area contributed by atoms with Crippen molar-refractivity contribution in [2.75, 3.05) is 24.7 Å². The molecule has 6 heteroatoms. The molecular formula is C11H14F3NOS. The normalized spacial score (nSPS) is 11.4. The number of methoxy groups -OCH3 is 1. The van der Waals surface area contributed by atoms with E-state index in [-0.39, 0.29) is 24.1 Å². The number of anilines is 1. The smallest absolute Gasteiger partial charge is 0.441 e. The molecule has 0 saturated heterocycles. The molecule has 0 heterocycles. The third kappa shape index (κ3) is 5.21. The molecule has 0 spiro atoms. The van der Waals surface area contributed by atoms with Crippen molar-refractivity contribution in [2.24, 2.45) is 0 Å². The van der Waals surface area contributed by atoms with Crippen LogP contribution in [0.3, 0.4) is 0 Å². The maximum atomic E-state index is 11.9. The van der Waals surface area contributed by atoms with Crippen molar-refractivity contribution in [1.82, 2.24) is 0 Å². The predicted octanol–water partition coefficient (Wildman–Crippen LogP) is 3.67. The van der Waals surface area contributed by atoms with Crippen LogP contribution in [0.1, 0.15) is 5.56 Å². The lowest BCUT2D eigenvalue weighted by Gasteiger charge is -2.11. The van der Waals surface area contributed by atoms with Crippen molar-refractivity contribution in [1.29, 1.82) is 0 Å². The lowest BCUT2D eigenvalue weighted by molar-refractivity contribution is -0.0327. The fourth-order valence-electron chi connectivity index (χ4n) is 1.31. The first-order valence-electron chi connectivity index (χ1n) is 5.01. The van der Waals surface area contributed by atoms with Crippen LogP contribution < -0.4 is 10.1 Å². The van der Waals surface area contributed by atoms with E-state index in [4.69, 9.17) is 4.74 Å². The molecule has 0 radical (unpaired) electrons. The number of nitrogens with one attached hydrogen (secondary N) is 1. The minimum atomic E-state index is -4.16. The quantitative estimate of drug-likeness (QED) is 0.821. The van der Waals surface area contributed by atoms with Crippen molar-refractivity contribution in [2.45, 2.75) is 12.4 Å². The van der Waals surface area contributed by atoms with E-state index in [0.717, 1.165) is 17.0 Å². The summed E-state index contributed by atoms with van der Waals surface area (Å²) in [5, 5.41) is 2.96. The average Bonchev–Trinajstić information content (AvgIpc) is 2.24. The van der Waals surface area contributed by atoms with E-state index in [2.05, 4.69) is 5.32 Å². The topological polar surface area (TPSA) is 21.3 Å². The zero-order chi connectivity index (χ0) is 12.9. The Bertz CT molecular complexity index is 368. The summed E-state index contributed by atoms with van der Waals surface area (Å²) in [5.41, 5.74) is -2.38. The number of hydrogen-bond acceptors (Lipinski definition) is 3. The minimum Gasteiger partial charge on any atom is -0.497 e. The molecule has 0 saturated carbocycles. The van der Waals surface area contributed by atoms with Crippen LogP contribution in [0.4, 0.5) is 18.9 Å². The third-order valence-corrected chi connectivity index (χ3v) is 2.85. The summed E-state index contributed by atoms with van der Waals surface area (Å²) >= 11 is -0.0209. The van der Waals surface area contributed by atoms with Crippen LogP contribution in [-0.2, 0) is 0 Å². The Labute approximate surface area is 103 Å². The molecular weight excluding hydrogens is 251 g/mol. The van der Waals surface area contributed by atoms with E-state index in [0.29, 0.717) is 0 Å². The van der Waals surface area contributed by atoms with Gasteiger partial charge in [0.25, 0.3) is 0 Å². The molecule has 0 atom stereocenters. The minimum absolute atomic E-state index is 0.00499. The number of halogens is 3. The molecule has 1 N–H and O–H groups in total. The first kappa shape index (κ1) is 14.0. The van der Waals surface area contributed by atoms with Crippen LogP contribution in [0.15, 0.2) is 18.2 Å². The Hall–Kier alpha value is -1.04. The molecule has 0 bridgehead atoms. The summed E-state index contributed by atoms with van der Waals surface area (Å²) in [6, 6.07) is 5.40. The standard InChI is InChI=1S/C11H14F3NOS/c1-8-7-9(16-2)3-4-10(8)15-5-6-17-11(12,13)14/h3-4,7,15H,5-6H2,1-2H3. The van der Waals surface area contributed by atoms with Gasteiger partial charge in [-0.1, -0.05) is 0 Å².